The number of fused-ring (bicyclic) bond motifs is 2. The van der Waals surface area contributed by atoms with Crippen LogP contribution < -0.4 is 15.8 Å². The van der Waals surface area contributed by atoms with Gasteiger partial charge in [-0.05, 0) is 24.3 Å². The van der Waals surface area contributed by atoms with Crippen molar-refractivity contribution in [3.05, 3.63) is 59.0 Å². The Kier molecular flexibility index (Phi) is 4.95. The van der Waals surface area contributed by atoms with Gasteiger partial charge in [-0.25, -0.2) is 15.0 Å². The van der Waals surface area contributed by atoms with Crippen molar-refractivity contribution in [2.45, 2.75) is 6.54 Å². The van der Waals surface area contributed by atoms with Crippen molar-refractivity contribution in [2.75, 3.05) is 36.5 Å². The van der Waals surface area contributed by atoms with Gasteiger partial charge in [-0.2, -0.15) is 5.10 Å². The normalized spacial score (nSPS) is 14.2. The molecule has 0 radical (unpaired) electrons. The highest BCUT2D eigenvalue weighted by Crippen LogP contribution is 2.31. The molecule has 0 saturated carbocycles. The van der Waals surface area contributed by atoms with Crippen molar-refractivity contribution in [1.29, 1.82) is 0 Å². The van der Waals surface area contributed by atoms with Crippen LogP contribution in [-0.2, 0) is 18.3 Å². The van der Waals surface area contributed by atoms with Gasteiger partial charge in [0.25, 0.3) is 5.56 Å². The third-order valence-corrected chi connectivity index (χ3v) is 5.91. The van der Waals surface area contributed by atoms with Gasteiger partial charge in [0.1, 0.15) is 22.7 Å². The molecule has 0 amide bonds. The van der Waals surface area contributed by atoms with E-state index in [0.29, 0.717) is 53.7 Å². The summed E-state index contributed by atoms with van der Waals surface area (Å²) in [5, 5.41) is 7.89. The van der Waals surface area contributed by atoms with Gasteiger partial charge >= 0.3 is 0 Å². The number of pyridine rings is 1. The molecule has 0 aliphatic carbocycles. The topological polar surface area (TPSA) is 130 Å². The van der Waals surface area contributed by atoms with Gasteiger partial charge in [-0.15, -0.1) is 0 Å². The number of aromatic nitrogens is 7. The number of ether oxygens (including phenoxy) is 1. The summed E-state index contributed by atoms with van der Waals surface area (Å²) in [6.45, 7) is 3.46. The van der Waals surface area contributed by atoms with Crippen LogP contribution in [0.3, 0.4) is 0 Å². The number of anilines is 2. The number of nitrogens with zero attached hydrogens (tertiary/aromatic N) is 6. The molecule has 0 spiro atoms. The molecule has 1 fully saturated rings. The molecule has 1 aliphatic rings. The molecule has 1 aromatic carbocycles. The van der Waals surface area contributed by atoms with Gasteiger partial charge in [0.05, 0.1) is 42.0 Å². The van der Waals surface area contributed by atoms with Gasteiger partial charge in [0.2, 0.25) is 0 Å². The highest BCUT2D eigenvalue weighted by atomic mass is 16.5. The highest BCUT2D eigenvalue weighted by molar-refractivity contribution is 5.96. The molecule has 5 aromatic rings. The summed E-state index contributed by atoms with van der Waals surface area (Å²) in [6, 6.07) is 7.85. The maximum absolute atomic E-state index is 13.2. The summed E-state index contributed by atoms with van der Waals surface area (Å²) < 4.78 is 7.13. The van der Waals surface area contributed by atoms with E-state index < -0.39 is 0 Å². The van der Waals surface area contributed by atoms with Crippen molar-refractivity contribution in [1.82, 2.24) is 34.7 Å². The SMILES string of the molecule is Cn1cc2[nH]c(=O)c(-c3nc4ccc(N5CCOCC5)cc4[nH]3)c(NCc3ncccn3)c2n1. The van der Waals surface area contributed by atoms with Gasteiger partial charge < -0.3 is 24.9 Å². The average molecular weight is 457 g/mol. The maximum Gasteiger partial charge on any atom is 0.261 e. The number of aromatic amines is 2. The lowest BCUT2D eigenvalue weighted by molar-refractivity contribution is 0.122. The maximum atomic E-state index is 13.2. The standard InChI is InChI=1S/C23H23N9O2/c1-31-13-17-20(30-31)21(26-12-18-24-5-2-6-25-18)19(23(33)29-17)22-27-15-4-3-14(11-16(15)28-22)32-7-9-34-10-8-32/h2-6,11,13,26H,7-10,12H2,1H3,(H,27,28)(H,29,33). The van der Waals surface area contributed by atoms with E-state index in [1.54, 1.807) is 29.3 Å². The molecule has 5 heterocycles. The zero-order valence-corrected chi connectivity index (χ0v) is 18.6. The first-order valence-electron chi connectivity index (χ1n) is 11.1. The van der Waals surface area contributed by atoms with Crippen LogP contribution in [-0.4, -0.2) is 61.0 Å². The quantitative estimate of drug-likeness (QED) is 0.366. The number of morpholine rings is 1. The Morgan fingerprint density at radius 1 is 1.12 bits per heavy atom. The first-order chi connectivity index (χ1) is 16.7. The molecule has 3 N–H and O–H groups in total. The van der Waals surface area contributed by atoms with E-state index in [1.165, 1.54) is 0 Å². The molecule has 11 nitrogen and oxygen atoms in total. The van der Waals surface area contributed by atoms with Crippen molar-refractivity contribution in [3.63, 3.8) is 0 Å². The fourth-order valence-electron chi connectivity index (χ4n) is 4.30. The third kappa shape index (κ3) is 3.65. The van der Waals surface area contributed by atoms with Crippen molar-refractivity contribution >= 4 is 33.4 Å². The first kappa shape index (κ1) is 20.4. The third-order valence-electron chi connectivity index (χ3n) is 5.91. The predicted octanol–water partition coefficient (Wildman–Crippen LogP) is 2.04. The molecule has 6 rings (SSSR count). The number of hydrogen-bond acceptors (Lipinski definition) is 8. The van der Waals surface area contributed by atoms with E-state index in [-0.39, 0.29) is 5.56 Å². The fourth-order valence-corrected chi connectivity index (χ4v) is 4.30. The number of nitrogens with one attached hydrogen (secondary N) is 3. The smallest absolute Gasteiger partial charge is 0.261 e. The summed E-state index contributed by atoms with van der Waals surface area (Å²) >= 11 is 0. The Hall–Kier alpha value is -4.25. The Morgan fingerprint density at radius 3 is 2.76 bits per heavy atom. The number of H-pyrrole nitrogens is 2. The second kappa shape index (κ2) is 8.27. The van der Waals surface area contributed by atoms with Crippen molar-refractivity contribution in [3.8, 4) is 11.4 Å². The molecular formula is C23H23N9O2. The summed E-state index contributed by atoms with van der Waals surface area (Å²) in [6.07, 6.45) is 5.15. The van der Waals surface area contributed by atoms with E-state index in [0.717, 1.165) is 29.8 Å². The molecule has 4 aromatic heterocycles. The molecule has 0 unspecified atom stereocenters. The first-order valence-corrected chi connectivity index (χ1v) is 11.1. The number of rotatable bonds is 5. The van der Waals surface area contributed by atoms with Gasteiger partial charge in [-0.3, -0.25) is 9.48 Å². The average Bonchev–Trinajstić information content (AvgIpc) is 3.45. The van der Waals surface area contributed by atoms with E-state index in [4.69, 9.17) is 9.72 Å². The second-order valence-electron chi connectivity index (χ2n) is 8.17. The molecule has 0 atom stereocenters. The summed E-state index contributed by atoms with van der Waals surface area (Å²) in [7, 11) is 1.82. The van der Waals surface area contributed by atoms with Crippen LogP contribution >= 0.6 is 0 Å². The summed E-state index contributed by atoms with van der Waals surface area (Å²) in [5.74, 6) is 1.08. The number of hydrogen-bond donors (Lipinski definition) is 3. The van der Waals surface area contributed by atoms with Crippen LogP contribution in [0.5, 0.6) is 0 Å². The molecule has 1 aliphatic heterocycles. The molecule has 11 heteroatoms. The van der Waals surface area contributed by atoms with Gasteiger partial charge in [0.15, 0.2) is 0 Å². The molecule has 1 saturated heterocycles. The van der Waals surface area contributed by atoms with Crippen molar-refractivity contribution < 1.29 is 4.74 Å². The van der Waals surface area contributed by atoms with Crippen LogP contribution in [0.2, 0.25) is 0 Å². The van der Waals surface area contributed by atoms with Gasteiger partial charge in [-0.1, -0.05) is 0 Å². The van der Waals surface area contributed by atoms with Gasteiger partial charge in [0, 0.05) is 44.4 Å². The van der Waals surface area contributed by atoms with Crippen LogP contribution in [0.25, 0.3) is 33.5 Å². The number of benzene rings is 1. The zero-order valence-electron chi connectivity index (χ0n) is 18.6. The minimum atomic E-state index is -0.260. The largest absolute Gasteiger partial charge is 0.378 e. The lowest BCUT2D eigenvalue weighted by atomic mass is 10.2. The molecule has 0 bridgehead atoms. The van der Waals surface area contributed by atoms with Crippen LogP contribution in [0, 0.1) is 0 Å². The Balaban J connectivity index is 1.45. The molecular weight excluding hydrogens is 434 g/mol. The summed E-state index contributed by atoms with van der Waals surface area (Å²) in [5.41, 5.74) is 4.73. The van der Waals surface area contributed by atoms with E-state index >= 15 is 0 Å². The lowest BCUT2D eigenvalue weighted by Gasteiger charge is -2.28. The zero-order chi connectivity index (χ0) is 23.1. The van der Waals surface area contributed by atoms with Crippen LogP contribution in [0.4, 0.5) is 11.4 Å². The minimum absolute atomic E-state index is 0.260. The molecule has 172 valence electrons. The van der Waals surface area contributed by atoms with E-state index in [9.17, 15) is 4.79 Å². The van der Waals surface area contributed by atoms with Crippen LogP contribution in [0.1, 0.15) is 5.82 Å². The lowest BCUT2D eigenvalue weighted by Crippen LogP contribution is -2.36. The van der Waals surface area contributed by atoms with E-state index in [2.05, 4.69) is 47.4 Å². The van der Waals surface area contributed by atoms with Crippen molar-refractivity contribution in [2.24, 2.45) is 7.05 Å². The highest BCUT2D eigenvalue weighted by Gasteiger charge is 2.21. The minimum Gasteiger partial charge on any atom is -0.378 e. The summed E-state index contributed by atoms with van der Waals surface area (Å²) in [4.78, 5) is 35.1. The monoisotopic (exact) mass is 457 g/mol. The molecule has 34 heavy (non-hydrogen) atoms. The Bertz CT molecular complexity index is 1530. The number of imidazole rings is 1. The Morgan fingerprint density at radius 2 is 1.94 bits per heavy atom. The second-order valence-corrected chi connectivity index (χ2v) is 8.17. The Labute approximate surface area is 193 Å². The van der Waals surface area contributed by atoms with E-state index in [1.807, 2.05) is 13.1 Å². The van der Waals surface area contributed by atoms with Crippen LogP contribution in [0.15, 0.2) is 47.7 Å². The number of aryl methyl sites for hydroxylation is 1. The predicted molar refractivity (Wildman–Crippen MR) is 129 cm³/mol. The fraction of sp³-hybridized carbons (Fsp3) is 0.261.